The number of sulfone groups is 1. The van der Waals surface area contributed by atoms with E-state index in [2.05, 4.69) is 5.32 Å². The van der Waals surface area contributed by atoms with Crippen LogP contribution in [0, 0.1) is 11.6 Å². The Morgan fingerprint density at radius 3 is 2.33 bits per heavy atom. The van der Waals surface area contributed by atoms with Gasteiger partial charge in [0.2, 0.25) is 0 Å². The maximum Gasteiger partial charge on any atom is 0.252 e. The number of hydrogen-bond donors (Lipinski definition) is 1. The van der Waals surface area contributed by atoms with E-state index in [1.54, 1.807) is 19.1 Å². The van der Waals surface area contributed by atoms with Crippen molar-refractivity contribution in [3.05, 3.63) is 65.2 Å². The number of rotatable bonds is 6. The zero-order chi connectivity index (χ0) is 17.7. The molecule has 0 heterocycles. The van der Waals surface area contributed by atoms with Crippen molar-refractivity contribution in [1.82, 2.24) is 5.32 Å². The second-order valence-electron chi connectivity index (χ2n) is 5.28. The molecule has 7 heteroatoms. The molecular weight excluding hydrogens is 336 g/mol. The third kappa shape index (κ3) is 4.38. The monoisotopic (exact) mass is 353 g/mol. The van der Waals surface area contributed by atoms with Crippen molar-refractivity contribution in [3.8, 4) is 0 Å². The van der Waals surface area contributed by atoms with E-state index in [9.17, 15) is 22.0 Å². The van der Waals surface area contributed by atoms with E-state index in [-0.39, 0.29) is 28.3 Å². The first kappa shape index (κ1) is 18.1. The highest BCUT2D eigenvalue weighted by atomic mass is 32.2. The molecule has 0 aliphatic heterocycles. The summed E-state index contributed by atoms with van der Waals surface area (Å²) in [6.07, 6.45) is 0.431. The van der Waals surface area contributed by atoms with Crippen LogP contribution in [0.2, 0.25) is 0 Å². The van der Waals surface area contributed by atoms with Gasteiger partial charge in [-0.1, -0.05) is 19.1 Å². The molecule has 0 aromatic heterocycles. The van der Waals surface area contributed by atoms with Gasteiger partial charge in [-0.25, -0.2) is 17.2 Å². The Labute approximate surface area is 139 Å². The molecule has 128 valence electrons. The lowest BCUT2D eigenvalue weighted by Crippen LogP contribution is -2.25. The van der Waals surface area contributed by atoms with Crippen LogP contribution in [0.5, 0.6) is 0 Å². The lowest BCUT2D eigenvalue weighted by Gasteiger charge is -2.11. The molecule has 1 amide bonds. The number of carbonyl (C=O) groups is 1. The summed E-state index contributed by atoms with van der Waals surface area (Å²) in [7, 11) is -3.56. The summed E-state index contributed by atoms with van der Waals surface area (Å²) in [5.41, 5.74) is 0.262. The van der Waals surface area contributed by atoms with Crippen molar-refractivity contribution >= 4 is 15.7 Å². The fourth-order valence-electron chi connectivity index (χ4n) is 2.29. The van der Waals surface area contributed by atoms with E-state index in [1.807, 2.05) is 0 Å². The molecular formula is C17H17F2NO3S. The van der Waals surface area contributed by atoms with Crippen LogP contribution < -0.4 is 5.32 Å². The van der Waals surface area contributed by atoms with Gasteiger partial charge in [0.05, 0.1) is 16.2 Å². The first-order valence-electron chi connectivity index (χ1n) is 7.38. The first-order chi connectivity index (χ1) is 11.3. The molecule has 0 aliphatic carbocycles. The average Bonchev–Trinajstić information content (AvgIpc) is 2.51. The lowest BCUT2D eigenvalue weighted by molar-refractivity contribution is 0.0947. The van der Waals surface area contributed by atoms with Crippen LogP contribution in [0.15, 0.2) is 47.4 Å². The van der Waals surface area contributed by atoms with Crippen molar-refractivity contribution in [3.63, 3.8) is 0 Å². The van der Waals surface area contributed by atoms with Gasteiger partial charge in [-0.15, -0.1) is 0 Å². The van der Waals surface area contributed by atoms with Crippen LogP contribution in [0.3, 0.4) is 0 Å². The summed E-state index contributed by atoms with van der Waals surface area (Å²) in [4.78, 5) is 12.3. The molecule has 0 aliphatic rings. The van der Waals surface area contributed by atoms with Crippen LogP contribution in [0.1, 0.15) is 29.3 Å². The number of nitrogens with one attached hydrogen (secondary N) is 1. The second-order valence-corrected chi connectivity index (χ2v) is 7.35. The van der Waals surface area contributed by atoms with Gasteiger partial charge in [-0.3, -0.25) is 4.79 Å². The SMILES string of the molecule is CCCS(=O)(=O)c1ccccc1C(=O)NCc1cc(F)cc(F)c1. The standard InChI is InChI=1S/C17H17F2NO3S/c1-2-7-24(22,23)16-6-4-3-5-15(16)17(21)20-11-12-8-13(18)10-14(19)9-12/h3-6,8-10H,2,7,11H2,1H3,(H,20,21). The molecule has 2 aromatic carbocycles. The minimum Gasteiger partial charge on any atom is -0.348 e. The summed E-state index contributed by atoms with van der Waals surface area (Å²) >= 11 is 0. The van der Waals surface area contributed by atoms with Gasteiger partial charge in [0.1, 0.15) is 11.6 Å². The third-order valence-corrected chi connectivity index (χ3v) is 5.29. The number of amides is 1. The maximum atomic E-state index is 13.1. The molecule has 0 fully saturated rings. The molecule has 2 rings (SSSR count). The van der Waals surface area contributed by atoms with Gasteiger partial charge < -0.3 is 5.32 Å². The summed E-state index contributed by atoms with van der Waals surface area (Å²) in [5, 5.41) is 2.49. The van der Waals surface area contributed by atoms with E-state index in [0.29, 0.717) is 6.42 Å². The fourth-order valence-corrected chi connectivity index (χ4v) is 3.83. The van der Waals surface area contributed by atoms with Crippen molar-refractivity contribution in [2.75, 3.05) is 5.75 Å². The Kier molecular flexibility index (Phi) is 5.66. The van der Waals surface area contributed by atoms with Crippen molar-refractivity contribution in [2.45, 2.75) is 24.8 Å². The minimum absolute atomic E-state index is 0.0165. The maximum absolute atomic E-state index is 13.1. The van der Waals surface area contributed by atoms with E-state index in [1.165, 1.54) is 12.1 Å². The zero-order valence-corrected chi connectivity index (χ0v) is 13.9. The predicted octanol–water partition coefficient (Wildman–Crippen LogP) is 3.08. The quantitative estimate of drug-likeness (QED) is 0.868. The molecule has 0 unspecified atom stereocenters. The highest BCUT2D eigenvalue weighted by Crippen LogP contribution is 2.18. The fraction of sp³-hybridized carbons (Fsp3) is 0.235. The molecule has 1 N–H and O–H groups in total. The number of carbonyl (C=O) groups excluding carboxylic acids is 1. The molecule has 0 atom stereocenters. The van der Waals surface area contributed by atoms with Crippen LogP contribution in [-0.4, -0.2) is 20.1 Å². The normalized spacial score (nSPS) is 11.3. The molecule has 0 saturated carbocycles. The van der Waals surface area contributed by atoms with Crippen LogP contribution in [-0.2, 0) is 16.4 Å². The summed E-state index contributed by atoms with van der Waals surface area (Å²) in [6.45, 7) is 1.62. The van der Waals surface area contributed by atoms with Gasteiger partial charge in [-0.05, 0) is 36.2 Å². The van der Waals surface area contributed by atoms with Gasteiger partial charge >= 0.3 is 0 Å². The van der Waals surface area contributed by atoms with Gasteiger partial charge in [0, 0.05) is 12.6 Å². The Hall–Kier alpha value is -2.28. The summed E-state index contributed by atoms with van der Waals surface area (Å²) < 4.78 is 50.8. The van der Waals surface area contributed by atoms with Crippen LogP contribution in [0.4, 0.5) is 8.78 Å². The summed E-state index contributed by atoms with van der Waals surface area (Å²) in [5.74, 6) is -2.17. The highest BCUT2D eigenvalue weighted by Gasteiger charge is 2.21. The minimum atomic E-state index is -3.56. The average molecular weight is 353 g/mol. The molecule has 0 radical (unpaired) electrons. The van der Waals surface area contributed by atoms with Crippen LogP contribution in [0.25, 0.3) is 0 Å². The van der Waals surface area contributed by atoms with Crippen molar-refractivity contribution in [1.29, 1.82) is 0 Å². The predicted molar refractivity (Wildman–Crippen MR) is 86.3 cm³/mol. The molecule has 24 heavy (non-hydrogen) atoms. The zero-order valence-electron chi connectivity index (χ0n) is 13.1. The van der Waals surface area contributed by atoms with E-state index >= 15 is 0 Å². The molecule has 4 nitrogen and oxygen atoms in total. The molecule has 0 spiro atoms. The summed E-state index contributed by atoms with van der Waals surface area (Å²) in [6, 6.07) is 8.82. The smallest absolute Gasteiger partial charge is 0.252 e. The number of hydrogen-bond acceptors (Lipinski definition) is 3. The Morgan fingerprint density at radius 2 is 1.71 bits per heavy atom. The van der Waals surface area contributed by atoms with E-state index < -0.39 is 27.4 Å². The van der Waals surface area contributed by atoms with Crippen molar-refractivity contribution < 1.29 is 22.0 Å². The number of benzene rings is 2. The Morgan fingerprint density at radius 1 is 1.08 bits per heavy atom. The molecule has 0 bridgehead atoms. The van der Waals surface area contributed by atoms with E-state index in [4.69, 9.17) is 0 Å². The third-order valence-electron chi connectivity index (χ3n) is 3.32. The van der Waals surface area contributed by atoms with Gasteiger partial charge in [0.25, 0.3) is 5.91 Å². The topological polar surface area (TPSA) is 63.2 Å². The van der Waals surface area contributed by atoms with E-state index in [0.717, 1.165) is 18.2 Å². The Bertz CT molecular complexity index is 830. The number of halogens is 2. The van der Waals surface area contributed by atoms with Gasteiger partial charge in [-0.2, -0.15) is 0 Å². The Balaban J connectivity index is 2.21. The first-order valence-corrected chi connectivity index (χ1v) is 9.03. The second kappa shape index (κ2) is 7.53. The van der Waals surface area contributed by atoms with Crippen molar-refractivity contribution in [2.24, 2.45) is 0 Å². The van der Waals surface area contributed by atoms with Gasteiger partial charge in [0.15, 0.2) is 9.84 Å². The largest absolute Gasteiger partial charge is 0.348 e. The molecule has 2 aromatic rings. The highest BCUT2D eigenvalue weighted by molar-refractivity contribution is 7.91. The lowest BCUT2D eigenvalue weighted by atomic mass is 10.2. The molecule has 0 saturated heterocycles. The van der Waals surface area contributed by atoms with Crippen LogP contribution >= 0.6 is 0 Å².